The van der Waals surface area contributed by atoms with Crippen molar-refractivity contribution >= 4 is 11.9 Å². The lowest BCUT2D eigenvalue weighted by molar-refractivity contribution is -0.230. The normalized spacial score (nSPS) is 32.2. The van der Waals surface area contributed by atoms with Gasteiger partial charge in [-0.3, -0.25) is 14.5 Å². The fourth-order valence-corrected chi connectivity index (χ4v) is 5.66. The molecule has 0 saturated carbocycles. The van der Waals surface area contributed by atoms with E-state index in [1.54, 1.807) is 0 Å². The summed E-state index contributed by atoms with van der Waals surface area (Å²) in [6.07, 6.45) is -3.68. The van der Waals surface area contributed by atoms with E-state index in [1.807, 2.05) is 74.5 Å². The molecule has 0 bridgehead atoms. The Morgan fingerprint density at radius 3 is 2.13 bits per heavy atom. The number of fused-ring (bicyclic) bond motifs is 1. The first-order chi connectivity index (χ1) is 18.2. The highest BCUT2D eigenvalue weighted by molar-refractivity contribution is 5.67. The third-order valence-corrected chi connectivity index (χ3v) is 7.04. The van der Waals surface area contributed by atoms with Crippen molar-refractivity contribution in [3.8, 4) is 0 Å². The first-order valence-corrected chi connectivity index (χ1v) is 13.0. The molecule has 5 rings (SSSR count). The molecule has 9 heteroatoms. The van der Waals surface area contributed by atoms with Gasteiger partial charge in [-0.25, -0.2) is 0 Å². The summed E-state index contributed by atoms with van der Waals surface area (Å²) in [7, 11) is 0. The number of hydrogen-bond acceptors (Lipinski definition) is 9. The summed E-state index contributed by atoms with van der Waals surface area (Å²) in [6.45, 7) is 7.63. The third-order valence-electron chi connectivity index (χ3n) is 7.04. The number of ether oxygens (including phenoxy) is 6. The summed E-state index contributed by atoms with van der Waals surface area (Å²) in [5, 5.41) is 0. The lowest BCUT2D eigenvalue weighted by atomic mass is 9.97. The highest BCUT2D eigenvalue weighted by Gasteiger charge is 2.62. The SMILES string of the molecule is CC(=O)O[C@@H]1[C@@H]([C@H]2O[C@@H]3OC(C)(C)O[C@@H]3[C@H]2OCc2ccccc2)N(Cc2ccccc2)C[C@@H]1OC(C)=O. The summed E-state index contributed by atoms with van der Waals surface area (Å²) >= 11 is 0. The van der Waals surface area contributed by atoms with E-state index in [2.05, 4.69) is 4.90 Å². The third kappa shape index (κ3) is 5.92. The van der Waals surface area contributed by atoms with Crippen LogP contribution < -0.4 is 0 Å². The minimum absolute atomic E-state index is 0.343. The van der Waals surface area contributed by atoms with Gasteiger partial charge in [0.05, 0.1) is 12.6 Å². The smallest absolute Gasteiger partial charge is 0.303 e. The van der Waals surface area contributed by atoms with E-state index in [0.717, 1.165) is 11.1 Å². The van der Waals surface area contributed by atoms with Gasteiger partial charge < -0.3 is 28.4 Å². The van der Waals surface area contributed by atoms with Gasteiger partial charge in [-0.05, 0) is 25.0 Å². The topological polar surface area (TPSA) is 92.8 Å². The van der Waals surface area contributed by atoms with E-state index in [9.17, 15) is 9.59 Å². The zero-order valence-corrected chi connectivity index (χ0v) is 22.1. The molecule has 0 N–H and O–H groups in total. The molecule has 2 aromatic carbocycles. The van der Waals surface area contributed by atoms with Gasteiger partial charge in [-0.2, -0.15) is 0 Å². The highest BCUT2D eigenvalue weighted by Crippen LogP contribution is 2.43. The maximum absolute atomic E-state index is 12.2. The summed E-state index contributed by atoms with van der Waals surface area (Å²) in [5.41, 5.74) is 2.07. The van der Waals surface area contributed by atoms with Crippen molar-refractivity contribution in [1.82, 2.24) is 4.90 Å². The largest absolute Gasteiger partial charge is 0.457 e. The zero-order valence-electron chi connectivity index (χ0n) is 22.1. The summed E-state index contributed by atoms with van der Waals surface area (Å²) in [6, 6.07) is 19.3. The fourth-order valence-electron chi connectivity index (χ4n) is 5.66. The predicted molar refractivity (Wildman–Crippen MR) is 135 cm³/mol. The van der Waals surface area contributed by atoms with Crippen LogP contribution in [0.3, 0.4) is 0 Å². The van der Waals surface area contributed by atoms with Crippen LogP contribution in [0.1, 0.15) is 38.8 Å². The molecule has 38 heavy (non-hydrogen) atoms. The molecule has 0 aliphatic carbocycles. The van der Waals surface area contributed by atoms with Gasteiger partial charge in [0.25, 0.3) is 0 Å². The predicted octanol–water partition coefficient (Wildman–Crippen LogP) is 3.20. The molecular weight excluding hydrogens is 490 g/mol. The molecule has 0 unspecified atom stereocenters. The molecular formula is C29H35NO8. The van der Waals surface area contributed by atoms with Gasteiger partial charge in [0.1, 0.15) is 18.3 Å². The standard InChI is InChI=1S/C29H35NO8/c1-18(31)34-22-16-30(15-20-11-7-5-8-12-20)23(24(22)35-19(2)32)25-26(33-17-21-13-9-6-10-14-21)27-28(36-25)38-29(3,4)37-27/h5-14,22-28H,15-17H2,1-4H3/t22-,23-,24-,25+,26-,27+,28+/m0/s1. The first kappa shape index (κ1) is 26.8. The molecule has 7 atom stereocenters. The van der Waals surface area contributed by atoms with Crippen molar-refractivity contribution in [3.63, 3.8) is 0 Å². The van der Waals surface area contributed by atoms with E-state index in [-0.39, 0.29) is 0 Å². The number of esters is 2. The van der Waals surface area contributed by atoms with Crippen molar-refractivity contribution in [3.05, 3.63) is 71.8 Å². The lowest BCUT2D eigenvalue weighted by Crippen LogP contribution is -2.53. The van der Waals surface area contributed by atoms with Gasteiger partial charge in [-0.1, -0.05) is 60.7 Å². The van der Waals surface area contributed by atoms with Crippen LogP contribution >= 0.6 is 0 Å². The lowest BCUT2D eigenvalue weighted by Gasteiger charge is -2.36. The Kier molecular flexibility index (Phi) is 7.83. The molecule has 204 valence electrons. The van der Waals surface area contributed by atoms with Gasteiger partial charge in [0.15, 0.2) is 24.3 Å². The maximum atomic E-state index is 12.2. The van der Waals surface area contributed by atoms with Crippen LogP contribution in [0.2, 0.25) is 0 Å². The number of hydrogen-bond donors (Lipinski definition) is 0. The van der Waals surface area contributed by atoms with Crippen molar-refractivity contribution in [2.24, 2.45) is 0 Å². The quantitative estimate of drug-likeness (QED) is 0.482. The summed E-state index contributed by atoms with van der Waals surface area (Å²) in [4.78, 5) is 26.4. The Labute approximate surface area is 222 Å². The second-order valence-electron chi connectivity index (χ2n) is 10.5. The van der Waals surface area contributed by atoms with Crippen molar-refractivity contribution < 1.29 is 38.0 Å². The van der Waals surface area contributed by atoms with Crippen molar-refractivity contribution in [1.29, 1.82) is 0 Å². The molecule has 0 aromatic heterocycles. The number of likely N-dealkylation sites (tertiary alicyclic amines) is 1. The average molecular weight is 526 g/mol. The minimum Gasteiger partial charge on any atom is -0.457 e. The van der Waals surface area contributed by atoms with E-state index < -0.39 is 60.6 Å². The number of benzene rings is 2. The van der Waals surface area contributed by atoms with E-state index in [0.29, 0.717) is 19.7 Å². The Bertz CT molecular complexity index is 1110. The number of nitrogens with zero attached hydrogens (tertiary/aromatic N) is 1. The zero-order chi connectivity index (χ0) is 26.9. The van der Waals surface area contributed by atoms with Crippen LogP contribution in [0.4, 0.5) is 0 Å². The number of carbonyl (C=O) groups is 2. The molecule has 3 saturated heterocycles. The van der Waals surface area contributed by atoms with E-state index >= 15 is 0 Å². The molecule has 9 nitrogen and oxygen atoms in total. The molecule has 0 radical (unpaired) electrons. The molecule has 2 aromatic rings. The van der Waals surface area contributed by atoms with Gasteiger partial charge >= 0.3 is 11.9 Å². The van der Waals surface area contributed by atoms with Crippen LogP contribution in [0, 0.1) is 0 Å². The molecule has 0 amide bonds. The van der Waals surface area contributed by atoms with E-state index in [4.69, 9.17) is 28.4 Å². The van der Waals surface area contributed by atoms with Crippen LogP contribution in [0.15, 0.2) is 60.7 Å². The Morgan fingerprint density at radius 1 is 0.868 bits per heavy atom. The van der Waals surface area contributed by atoms with Gasteiger partial charge in [-0.15, -0.1) is 0 Å². The number of rotatable bonds is 8. The second-order valence-corrected chi connectivity index (χ2v) is 10.5. The van der Waals surface area contributed by atoms with Crippen LogP contribution in [0.25, 0.3) is 0 Å². The molecule has 3 aliphatic heterocycles. The molecule has 3 fully saturated rings. The fraction of sp³-hybridized carbons (Fsp3) is 0.517. The van der Waals surface area contributed by atoms with Gasteiger partial charge in [0.2, 0.25) is 0 Å². The highest BCUT2D eigenvalue weighted by atomic mass is 16.8. The molecule has 3 aliphatic rings. The van der Waals surface area contributed by atoms with Crippen LogP contribution in [-0.4, -0.2) is 72.0 Å². The van der Waals surface area contributed by atoms with E-state index in [1.165, 1.54) is 13.8 Å². The molecule has 0 spiro atoms. The maximum Gasteiger partial charge on any atom is 0.303 e. The Hall–Kier alpha value is -2.82. The van der Waals surface area contributed by atoms with Gasteiger partial charge in [0, 0.05) is 26.9 Å². The van der Waals surface area contributed by atoms with Crippen LogP contribution in [-0.2, 0) is 51.2 Å². The van der Waals surface area contributed by atoms with Crippen LogP contribution in [0.5, 0.6) is 0 Å². The van der Waals surface area contributed by atoms with Crippen molar-refractivity contribution in [2.45, 2.75) is 89.5 Å². The Morgan fingerprint density at radius 2 is 1.50 bits per heavy atom. The van der Waals surface area contributed by atoms with Crippen molar-refractivity contribution in [2.75, 3.05) is 6.54 Å². The minimum atomic E-state index is -0.830. The summed E-state index contributed by atoms with van der Waals surface area (Å²) in [5.74, 6) is -1.74. The first-order valence-electron chi connectivity index (χ1n) is 13.0. The number of carbonyl (C=O) groups excluding carboxylic acids is 2. The summed E-state index contributed by atoms with van der Waals surface area (Å²) < 4.78 is 36.8. The Balaban J connectivity index is 1.48. The second kappa shape index (κ2) is 11.1. The molecule has 3 heterocycles. The average Bonchev–Trinajstić information content (AvgIpc) is 3.45. The monoisotopic (exact) mass is 525 g/mol.